The number of likely N-dealkylation sites (tertiary alicyclic amines) is 1. The Labute approximate surface area is 131 Å². The van der Waals surface area contributed by atoms with Crippen LogP contribution >= 0.6 is 0 Å². The van der Waals surface area contributed by atoms with Crippen LogP contribution in [0.3, 0.4) is 0 Å². The highest BCUT2D eigenvalue weighted by Gasteiger charge is 2.40. The fraction of sp³-hybridized carbons (Fsp3) is 0.944. The van der Waals surface area contributed by atoms with Gasteiger partial charge in [-0.15, -0.1) is 0 Å². The predicted octanol–water partition coefficient (Wildman–Crippen LogP) is 3.84. The lowest BCUT2D eigenvalue weighted by molar-refractivity contribution is 0.0770. The van der Waals surface area contributed by atoms with E-state index in [2.05, 4.69) is 37.1 Å². The van der Waals surface area contributed by atoms with Crippen LogP contribution in [-0.2, 0) is 0 Å². The molecule has 1 aliphatic carbocycles. The highest BCUT2D eigenvalue weighted by Crippen LogP contribution is 2.34. The van der Waals surface area contributed by atoms with Crippen molar-refractivity contribution in [1.29, 1.82) is 5.26 Å². The van der Waals surface area contributed by atoms with Gasteiger partial charge in [0.15, 0.2) is 0 Å². The Kier molecular flexibility index (Phi) is 6.08. The van der Waals surface area contributed by atoms with E-state index in [1.807, 2.05) is 0 Å². The van der Waals surface area contributed by atoms with Crippen molar-refractivity contribution in [3.8, 4) is 6.07 Å². The molecule has 21 heavy (non-hydrogen) atoms. The molecule has 1 saturated carbocycles. The summed E-state index contributed by atoms with van der Waals surface area (Å²) in [5, 5.41) is 13.3. The Morgan fingerprint density at radius 1 is 1.24 bits per heavy atom. The standard InChI is InChI=1S/C18H33N3/c1-4-16-9-6-5-7-12-21(16)17-10-8-11-18(13-17,14-19)20-15(2)3/h15-17,20H,4-13H2,1-3H3. The first-order chi connectivity index (χ1) is 10.1. The summed E-state index contributed by atoms with van der Waals surface area (Å²) in [4.78, 5) is 2.76. The summed E-state index contributed by atoms with van der Waals surface area (Å²) < 4.78 is 0. The molecule has 0 radical (unpaired) electrons. The zero-order chi connectivity index (χ0) is 15.3. The Morgan fingerprint density at radius 3 is 2.71 bits per heavy atom. The topological polar surface area (TPSA) is 39.1 Å². The molecule has 1 saturated heterocycles. The van der Waals surface area contributed by atoms with E-state index in [-0.39, 0.29) is 5.54 Å². The van der Waals surface area contributed by atoms with Crippen LogP contribution in [0.25, 0.3) is 0 Å². The molecule has 1 N–H and O–H groups in total. The first kappa shape index (κ1) is 16.8. The first-order valence-electron chi connectivity index (χ1n) is 9.05. The lowest BCUT2D eigenvalue weighted by Crippen LogP contribution is -2.56. The second-order valence-corrected chi connectivity index (χ2v) is 7.39. The minimum absolute atomic E-state index is 0.290. The van der Waals surface area contributed by atoms with E-state index in [9.17, 15) is 5.26 Å². The first-order valence-corrected chi connectivity index (χ1v) is 9.05. The molecule has 2 rings (SSSR count). The third-order valence-corrected chi connectivity index (χ3v) is 5.37. The summed E-state index contributed by atoms with van der Waals surface area (Å²) in [6.45, 7) is 7.88. The summed E-state index contributed by atoms with van der Waals surface area (Å²) in [7, 11) is 0. The molecule has 0 aromatic rings. The number of nitrogens with one attached hydrogen (secondary N) is 1. The molecule has 3 nitrogen and oxygen atoms in total. The molecule has 2 aliphatic rings. The van der Waals surface area contributed by atoms with Crippen LogP contribution in [0.4, 0.5) is 0 Å². The Bertz CT molecular complexity index is 360. The van der Waals surface area contributed by atoms with Crippen molar-refractivity contribution in [3.05, 3.63) is 0 Å². The maximum Gasteiger partial charge on any atom is 0.108 e. The molecule has 1 aliphatic heterocycles. The van der Waals surface area contributed by atoms with Gasteiger partial charge in [0.05, 0.1) is 6.07 Å². The number of nitrogens with zero attached hydrogens (tertiary/aromatic N) is 2. The zero-order valence-corrected chi connectivity index (χ0v) is 14.2. The van der Waals surface area contributed by atoms with Gasteiger partial charge in [-0.25, -0.2) is 0 Å². The van der Waals surface area contributed by atoms with Gasteiger partial charge >= 0.3 is 0 Å². The van der Waals surface area contributed by atoms with Crippen LogP contribution in [0.2, 0.25) is 0 Å². The van der Waals surface area contributed by atoms with Crippen molar-refractivity contribution in [2.24, 2.45) is 0 Å². The van der Waals surface area contributed by atoms with E-state index in [1.54, 1.807) is 0 Å². The Balaban J connectivity index is 2.09. The third kappa shape index (κ3) is 4.20. The van der Waals surface area contributed by atoms with E-state index in [1.165, 1.54) is 51.5 Å². The number of hydrogen-bond donors (Lipinski definition) is 1. The van der Waals surface area contributed by atoms with Crippen LogP contribution in [0, 0.1) is 11.3 Å². The van der Waals surface area contributed by atoms with Gasteiger partial charge in [0.25, 0.3) is 0 Å². The van der Waals surface area contributed by atoms with Gasteiger partial charge in [-0.2, -0.15) is 5.26 Å². The number of hydrogen-bond acceptors (Lipinski definition) is 3. The van der Waals surface area contributed by atoms with Crippen LogP contribution in [0.1, 0.15) is 78.6 Å². The summed E-state index contributed by atoms with van der Waals surface area (Å²) in [5.41, 5.74) is -0.290. The maximum atomic E-state index is 9.75. The van der Waals surface area contributed by atoms with Crippen LogP contribution < -0.4 is 5.32 Å². The van der Waals surface area contributed by atoms with E-state index in [0.717, 1.165) is 18.9 Å². The SMILES string of the molecule is CCC1CCCCCN1C1CCCC(C#N)(NC(C)C)C1. The molecule has 0 bridgehead atoms. The second kappa shape index (κ2) is 7.61. The molecule has 1 heterocycles. The van der Waals surface area contributed by atoms with E-state index < -0.39 is 0 Å². The van der Waals surface area contributed by atoms with Gasteiger partial charge in [0.1, 0.15) is 5.54 Å². The summed E-state index contributed by atoms with van der Waals surface area (Å²) in [6, 6.07) is 4.36. The molecular formula is C18H33N3. The van der Waals surface area contributed by atoms with Gasteiger partial charge in [0.2, 0.25) is 0 Å². The summed E-state index contributed by atoms with van der Waals surface area (Å²) in [5.74, 6) is 0. The van der Waals surface area contributed by atoms with Crippen LogP contribution in [-0.4, -0.2) is 35.1 Å². The smallest absolute Gasteiger partial charge is 0.108 e. The molecule has 0 aromatic carbocycles. The van der Waals surface area contributed by atoms with E-state index >= 15 is 0 Å². The lowest BCUT2D eigenvalue weighted by atomic mass is 9.78. The predicted molar refractivity (Wildman–Crippen MR) is 88.1 cm³/mol. The van der Waals surface area contributed by atoms with Gasteiger partial charge in [0, 0.05) is 18.1 Å². The number of nitriles is 1. The van der Waals surface area contributed by atoms with Gasteiger partial charge < -0.3 is 0 Å². The third-order valence-electron chi connectivity index (χ3n) is 5.37. The van der Waals surface area contributed by atoms with Gasteiger partial charge in [-0.1, -0.05) is 19.8 Å². The summed E-state index contributed by atoms with van der Waals surface area (Å²) >= 11 is 0. The quantitative estimate of drug-likeness (QED) is 0.855. The maximum absolute atomic E-state index is 9.75. The molecular weight excluding hydrogens is 258 g/mol. The van der Waals surface area contributed by atoms with Crippen LogP contribution in [0.5, 0.6) is 0 Å². The molecule has 3 heteroatoms. The largest absolute Gasteiger partial charge is 0.297 e. The lowest BCUT2D eigenvalue weighted by Gasteiger charge is -2.45. The van der Waals surface area contributed by atoms with Crippen molar-refractivity contribution in [2.75, 3.05) is 6.54 Å². The fourth-order valence-electron chi connectivity index (χ4n) is 4.47. The van der Waals surface area contributed by atoms with Crippen molar-refractivity contribution in [3.63, 3.8) is 0 Å². The summed E-state index contributed by atoms with van der Waals surface area (Å²) in [6.07, 6.45) is 11.2. The highest BCUT2D eigenvalue weighted by molar-refractivity contribution is 5.12. The highest BCUT2D eigenvalue weighted by atomic mass is 15.2. The van der Waals surface area contributed by atoms with Crippen molar-refractivity contribution < 1.29 is 0 Å². The Hall–Kier alpha value is -0.590. The normalized spacial score (nSPS) is 35.4. The molecule has 120 valence electrons. The van der Waals surface area contributed by atoms with Crippen molar-refractivity contribution in [2.45, 2.75) is 102 Å². The molecule has 2 fully saturated rings. The van der Waals surface area contributed by atoms with Crippen molar-refractivity contribution in [1.82, 2.24) is 10.2 Å². The number of rotatable bonds is 4. The zero-order valence-electron chi connectivity index (χ0n) is 14.2. The monoisotopic (exact) mass is 291 g/mol. The average Bonchev–Trinajstić information content (AvgIpc) is 2.72. The molecule has 0 spiro atoms. The van der Waals surface area contributed by atoms with E-state index in [0.29, 0.717) is 12.1 Å². The molecule has 3 atom stereocenters. The molecule has 0 aromatic heterocycles. The van der Waals surface area contributed by atoms with Crippen molar-refractivity contribution >= 4 is 0 Å². The minimum atomic E-state index is -0.290. The molecule has 0 amide bonds. The fourth-order valence-corrected chi connectivity index (χ4v) is 4.47. The van der Waals surface area contributed by atoms with Gasteiger partial charge in [-0.3, -0.25) is 10.2 Å². The second-order valence-electron chi connectivity index (χ2n) is 7.39. The molecule has 3 unspecified atom stereocenters. The minimum Gasteiger partial charge on any atom is -0.297 e. The van der Waals surface area contributed by atoms with E-state index in [4.69, 9.17) is 0 Å². The van der Waals surface area contributed by atoms with Crippen LogP contribution in [0.15, 0.2) is 0 Å². The van der Waals surface area contributed by atoms with Gasteiger partial charge in [-0.05, 0) is 65.3 Å². The average molecular weight is 291 g/mol. The Morgan fingerprint density at radius 2 is 2.05 bits per heavy atom.